The highest BCUT2D eigenvalue weighted by Gasteiger charge is 2.35. The number of carbonyl (C=O) groups excluding carboxylic acids is 1. The molecule has 0 saturated carbocycles. The lowest BCUT2D eigenvalue weighted by Crippen LogP contribution is -2.41. The predicted octanol–water partition coefficient (Wildman–Crippen LogP) is 3.09. The second-order valence-corrected chi connectivity index (χ2v) is 6.79. The quantitative estimate of drug-likeness (QED) is 0.779. The molecule has 0 spiro atoms. The molecule has 1 aromatic carbocycles. The zero-order valence-electron chi connectivity index (χ0n) is 10.1. The lowest BCUT2D eigenvalue weighted by molar-refractivity contribution is -0.130. The number of benzene rings is 1. The van der Waals surface area contributed by atoms with Crippen LogP contribution >= 0.6 is 27.7 Å². The van der Waals surface area contributed by atoms with Gasteiger partial charge in [-0.05, 0) is 30.9 Å². The van der Waals surface area contributed by atoms with Gasteiger partial charge in [-0.15, -0.1) is 11.8 Å². The molecule has 2 unspecified atom stereocenters. The number of thioether (sulfide) groups is 1. The first-order valence-electron chi connectivity index (χ1n) is 6.40. The largest absolute Gasteiger partial charge is 0.338 e. The monoisotopic (exact) mass is 325 g/mol. The highest BCUT2D eigenvalue weighted by molar-refractivity contribution is 9.09. The van der Waals surface area contributed by atoms with Crippen LogP contribution in [0.15, 0.2) is 29.2 Å². The molecule has 0 N–H and O–H groups in total. The van der Waals surface area contributed by atoms with Crippen molar-refractivity contribution >= 4 is 33.6 Å². The standard InChI is InChI=1S/C14H16BrNOS/c15-9-11-5-3-7-16(11)14(17)13-8-10-4-1-2-6-12(10)18-13/h1-2,4,6,11,13H,3,5,7-9H2. The average Bonchev–Trinajstić information content (AvgIpc) is 3.03. The van der Waals surface area contributed by atoms with E-state index in [1.54, 1.807) is 11.8 Å². The van der Waals surface area contributed by atoms with E-state index in [2.05, 4.69) is 45.1 Å². The first-order valence-corrected chi connectivity index (χ1v) is 8.40. The Bertz CT molecular complexity index is 440. The number of nitrogens with zero attached hydrogens (tertiary/aromatic N) is 1. The minimum Gasteiger partial charge on any atom is -0.338 e. The van der Waals surface area contributed by atoms with Crippen molar-refractivity contribution in [3.8, 4) is 0 Å². The van der Waals surface area contributed by atoms with Gasteiger partial charge in [0.25, 0.3) is 0 Å². The Hall–Kier alpha value is -0.480. The molecule has 1 amide bonds. The van der Waals surface area contributed by atoms with Gasteiger partial charge in [-0.3, -0.25) is 4.79 Å². The fourth-order valence-corrected chi connectivity index (χ4v) is 4.73. The smallest absolute Gasteiger partial charge is 0.236 e. The van der Waals surface area contributed by atoms with Crippen LogP contribution in [0, 0.1) is 0 Å². The summed E-state index contributed by atoms with van der Waals surface area (Å²) in [4.78, 5) is 15.9. The fraction of sp³-hybridized carbons (Fsp3) is 0.500. The second kappa shape index (κ2) is 5.25. The summed E-state index contributed by atoms with van der Waals surface area (Å²) in [7, 11) is 0. The van der Waals surface area contributed by atoms with Gasteiger partial charge in [0.15, 0.2) is 0 Å². The van der Waals surface area contributed by atoms with E-state index in [9.17, 15) is 4.79 Å². The lowest BCUT2D eigenvalue weighted by atomic mass is 10.1. The van der Waals surface area contributed by atoms with Crippen molar-refractivity contribution in [2.45, 2.75) is 35.4 Å². The molecule has 0 aromatic heterocycles. The first-order chi connectivity index (χ1) is 8.79. The summed E-state index contributed by atoms with van der Waals surface area (Å²) in [5, 5.41) is 1.00. The minimum atomic E-state index is 0.0991. The van der Waals surface area contributed by atoms with Crippen molar-refractivity contribution in [2.24, 2.45) is 0 Å². The molecular weight excluding hydrogens is 310 g/mol. The Kier molecular flexibility index (Phi) is 3.66. The Balaban J connectivity index is 1.72. The van der Waals surface area contributed by atoms with E-state index in [0.717, 1.165) is 31.1 Å². The zero-order valence-corrected chi connectivity index (χ0v) is 12.5. The molecule has 18 heavy (non-hydrogen) atoms. The van der Waals surface area contributed by atoms with Gasteiger partial charge in [0.1, 0.15) is 0 Å². The van der Waals surface area contributed by atoms with Crippen LogP contribution in [0.25, 0.3) is 0 Å². The van der Waals surface area contributed by atoms with Crippen molar-refractivity contribution in [3.05, 3.63) is 29.8 Å². The third-order valence-electron chi connectivity index (χ3n) is 3.76. The van der Waals surface area contributed by atoms with Crippen molar-refractivity contribution < 1.29 is 4.79 Å². The highest BCUT2D eigenvalue weighted by atomic mass is 79.9. The van der Waals surface area contributed by atoms with Crippen molar-refractivity contribution in [1.29, 1.82) is 0 Å². The number of hydrogen-bond acceptors (Lipinski definition) is 2. The summed E-state index contributed by atoms with van der Waals surface area (Å²) in [6, 6.07) is 8.78. The van der Waals surface area contributed by atoms with Crippen LogP contribution in [-0.4, -0.2) is 34.0 Å². The number of hydrogen-bond donors (Lipinski definition) is 0. The summed E-state index contributed by atoms with van der Waals surface area (Å²) < 4.78 is 0. The molecule has 2 heterocycles. The number of rotatable bonds is 2. The summed E-state index contributed by atoms with van der Waals surface area (Å²) in [5.74, 6) is 0.332. The molecule has 96 valence electrons. The molecular formula is C14H16BrNOS. The molecule has 2 nitrogen and oxygen atoms in total. The molecule has 4 heteroatoms. The third kappa shape index (κ3) is 2.21. The number of carbonyl (C=O) groups is 1. The number of halogens is 1. The van der Waals surface area contributed by atoms with Gasteiger partial charge in [0.05, 0.1) is 5.25 Å². The van der Waals surface area contributed by atoms with Crippen LogP contribution in [0.1, 0.15) is 18.4 Å². The van der Waals surface area contributed by atoms with E-state index >= 15 is 0 Å². The fourth-order valence-electron chi connectivity index (χ4n) is 2.79. The molecule has 1 fully saturated rings. The van der Waals surface area contributed by atoms with E-state index in [-0.39, 0.29) is 5.25 Å². The van der Waals surface area contributed by atoms with Crippen molar-refractivity contribution in [2.75, 3.05) is 11.9 Å². The van der Waals surface area contributed by atoms with Crippen molar-refractivity contribution in [1.82, 2.24) is 4.90 Å². The topological polar surface area (TPSA) is 20.3 Å². The summed E-state index contributed by atoms with van der Waals surface area (Å²) >= 11 is 5.26. The van der Waals surface area contributed by atoms with Gasteiger partial charge in [0, 0.05) is 22.8 Å². The number of amides is 1. The van der Waals surface area contributed by atoms with Gasteiger partial charge in [-0.25, -0.2) is 0 Å². The Labute approximate surface area is 120 Å². The van der Waals surface area contributed by atoms with Gasteiger partial charge < -0.3 is 4.90 Å². The number of likely N-dealkylation sites (tertiary alicyclic amines) is 1. The van der Waals surface area contributed by atoms with E-state index < -0.39 is 0 Å². The van der Waals surface area contributed by atoms with Crippen molar-refractivity contribution in [3.63, 3.8) is 0 Å². The molecule has 1 aromatic rings. The maximum Gasteiger partial charge on any atom is 0.236 e. The zero-order chi connectivity index (χ0) is 12.5. The molecule has 3 rings (SSSR count). The van der Waals surface area contributed by atoms with Crippen LogP contribution in [0.4, 0.5) is 0 Å². The lowest BCUT2D eigenvalue weighted by Gasteiger charge is -2.25. The minimum absolute atomic E-state index is 0.0991. The van der Waals surface area contributed by atoms with E-state index in [4.69, 9.17) is 0 Å². The van der Waals surface area contributed by atoms with Crippen LogP contribution in [0.2, 0.25) is 0 Å². The normalized spacial score (nSPS) is 26.4. The maximum atomic E-state index is 12.6. The SMILES string of the molecule is O=C(C1Cc2ccccc2S1)N1CCCC1CBr. The average molecular weight is 326 g/mol. The van der Waals surface area contributed by atoms with Crippen LogP contribution in [0.3, 0.4) is 0 Å². The molecule has 0 bridgehead atoms. The molecule has 2 atom stereocenters. The number of fused-ring (bicyclic) bond motifs is 1. The van der Waals surface area contributed by atoms with E-state index in [1.807, 2.05) is 0 Å². The van der Waals surface area contributed by atoms with Crippen LogP contribution < -0.4 is 0 Å². The molecule has 0 radical (unpaired) electrons. The molecule has 0 aliphatic carbocycles. The van der Waals surface area contributed by atoms with E-state index in [1.165, 1.54) is 10.5 Å². The highest BCUT2D eigenvalue weighted by Crippen LogP contribution is 2.38. The third-order valence-corrected chi connectivity index (χ3v) is 5.81. The summed E-state index contributed by atoms with van der Waals surface area (Å²) in [5.41, 5.74) is 1.33. The predicted molar refractivity (Wildman–Crippen MR) is 78.3 cm³/mol. The van der Waals surface area contributed by atoms with E-state index in [0.29, 0.717) is 11.9 Å². The Morgan fingerprint density at radius 2 is 2.28 bits per heavy atom. The summed E-state index contributed by atoms with van der Waals surface area (Å²) in [6.07, 6.45) is 3.18. The Morgan fingerprint density at radius 1 is 1.44 bits per heavy atom. The first kappa shape index (κ1) is 12.5. The second-order valence-electron chi connectivity index (χ2n) is 4.90. The van der Waals surface area contributed by atoms with Gasteiger partial charge in [0.2, 0.25) is 5.91 Å². The van der Waals surface area contributed by atoms with Crippen LogP contribution in [-0.2, 0) is 11.2 Å². The summed E-state index contributed by atoms with van der Waals surface area (Å²) in [6.45, 7) is 0.933. The molecule has 2 aliphatic heterocycles. The molecule has 2 aliphatic rings. The maximum absolute atomic E-state index is 12.6. The molecule has 1 saturated heterocycles. The van der Waals surface area contributed by atoms with Gasteiger partial charge in [-0.2, -0.15) is 0 Å². The Morgan fingerprint density at radius 3 is 3.06 bits per heavy atom. The number of alkyl halides is 1. The van der Waals surface area contributed by atoms with Crippen LogP contribution in [0.5, 0.6) is 0 Å². The van der Waals surface area contributed by atoms with Gasteiger partial charge >= 0.3 is 0 Å². The van der Waals surface area contributed by atoms with Gasteiger partial charge in [-0.1, -0.05) is 34.1 Å².